The summed E-state index contributed by atoms with van der Waals surface area (Å²) in [6.45, 7) is 0.0552. The Labute approximate surface area is 131 Å². The third-order valence-electron chi connectivity index (χ3n) is 3.95. The lowest BCUT2D eigenvalue weighted by Crippen LogP contribution is -2.41. The maximum Gasteiger partial charge on any atom is 0.303 e. The summed E-state index contributed by atoms with van der Waals surface area (Å²) in [5, 5.41) is 9.67. The fourth-order valence-electron chi connectivity index (χ4n) is 2.88. The summed E-state index contributed by atoms with van der Waals surface area (Å²) >= 11 is 0. The van der Waals surface area contributed by atoms with E-state index in [9.17, 15) is 14.4 Å². The maximum absolute atomic E-state index is 12.6. The molecule has 1 aliphatic rings. The largest absolute Gasteiger partial charge is 0.481 e. The normalized spacial score (nSPS) is 13.7. The summed E-state index contributed by atoms with van der Waals surface area (Å²) in [5.74, 6) is -1.88. The van der Waals surface area contributed by atoms with Gasteiger partial charge in [0, 0.05) is 46.2 Å². The summed E-state index contributed by atoms with van der Waals surface area (Å²) in [5.41, 5.74) is 13.4. The Morgan fingerprint density at radius 3 is 1.96 bits per heavy atom. The number of nitrogens with zero attached hydrogens (tertiary/aromatic N) is 1. The van der Waals surface area contributed by atoms with Crippen LogP contribution in [-0.4, -0.2) is 34.3 Å². The van der Waals surface area contributed by atoms with E-state index in [1.807, 2.05) is 0 Å². The van der Waals surface area contributed by atoms with Gasteiger partial charge >= 0.3 is 5.97 Å². The van der Waals surface area contributed by atoms with Crippen LogP contribution in [0.3, 0.4) is 0 Å². The molecule has 0 bridgehead atoms. The van der Waals surface area contributed by atoms with Gasteiger partial charge in [-0.2, -0.15) is 0 Å². The van der Waals surface area contributed by atoms with Gasteiger partial charge in [0.05, 0.1) is 0 Å². The molecular formula is C16H15N3O4. The fourth-order valence-corrected chi connectivity index (χ4v) is 2.88. The Balaban J connectivity index is 2.10. The van der Waals surface area contributed by atoms with Crippen LogP contribution in [0.25, 0.3) is 10.8 Å². The minimum absolute atomic E-state index is 0.0552. The second-order valence-electron chi connectivity index (χ2n) is 5.41. The second kappa shape index (κ2) is 5.28. The fraction of sp³-hybridized carbons (Fsp3) is 0.188. The lowest BCUT2D eigenvalue weighted by atomic mass is 9.92. The molecule has 118 valence electrons. The summed E-state index contributed by atoms with van der Waals surface area (Å²) in [7, 11) is 0. The maximum atomic E-state index is 12.6. The summed E-state index contributed by atoms with van der Waals surface area (Å²) in [6.07, 6.45) is 0.0953. The number of hydrogen-bond acceptors (Lipinski definition) is 5. The Bertz CT molecular complexity index is 803. The van der Waals surface area contributed by atoms with Gasteiger partial charge in [0.15, 0.2) is 0 Å². The van der Waals surface area contributed by atoms with Gasteiger partial charge in [-0.05, 0) is 30.7 Å². The molecule has 0 aromatic heterocycles. The molecule has 0 fully saturated rings. The number of aliphatic carboxylic acids is 1. The van der Waals surface area contributed by atoms with Crippen molar-refractivity contribution in [3.8, 4) is 0 Å². The van der Waals surface area contributed by atoms with Crippen LogP contribution in [0.1, 0.15) is 33.6 Å². The van der Waals surface area contributed by atoms with Crippen molar-refractivity contribution in [1.29, 1.82) is 0 Å². The number of amides is 2. The first-order valence-electron chi connectivity index (χ1n) is 7.10. The van der Waals surface area contributed by atoms with Gasteiger partial charge in [0.25, 0.3) is 11.8 Å². The number of carbonyl (C=O) groups is 3. The van der Waals surface area contributed by atoms with Gasteiger partial charge in [-0.25, -0.2) is 0 Å². The molecule has 0 atom stereocenters. The number of benzene rings is 2. The smallest absolute Gasteiger partial charge is 0.303 e. The van der Waals surface area contributed by atoms with E-state index in [2.05, 4.69) is 0 Å². The number of imide groups is 1. The minimum atomic E-state index is -0.968. The monoisotopic (exact) mass is 313 g/mol. The van der Waals surface area contributed by atoms with Crippen molar-refractivity contribution in [3.05, 3.63) is 35.4 Å². The minimum Gasteiger partial charge on any atom is -0.481 e. The lowest BCUT2D eigenvalue weighted by molar-refractivity contribution is -0.137. The molecule has 1 aliphatic heterocycles. The average Bonchev–Trinajstić information content (AvgIpc) is 2.49. The van der Waals surface area contributed by atoms with Crippen molar-refractivity contribution in [1.82, 2.24) is 4.90 Å². The van der Waals surface area contributed by atoms with E-state index in [0.29, 0.717) is 33.3 Å². The van der Waals surface area contributed by atoms with Gasteiger partial charge in [0.2, 0.25) is 0 Å². The Morgan fingerprint density at radius 1 is 0.957 bits per heavy atom. The van der Waals surface area contributed by atoms with Gasteiger partial charge in [0.1, 0.15) is 0 Å². The van der Waals surface area contributed by atoms with Crippen LogP contribution in [0.2, 0.25) is 0 Å². The van der Waals surface area contributed by atoms with Crippen molar-refractivity contribution in [2.75, 3.05) is 18.0 Å². The molecule has 0 spiro atoms. The third-order valence-corrected chi connectivity index (χ3v) is 3.95. The van der Waals surface area contributed by atoms with Crippen molar-refractivity contribution >= 4 is 39.9 Å². The number of carboxylic acids is 1. The number of carboxylic acid groups (broad SMARTS) is 1. The van der Waals surface area contributed by atoms with E-state index in [1.54, 1.807) is 24.3 Å². The summed E-state index contributed by atoms with van der Waals surface area (Å²) < 4.78 is 0. The zero-order valence-corrected chi connectivity index (χ0v) is 12.2. The highest BCUT2D eigenvalue weighted by Gasteiger charge is 2.33. The van der Waals surface area contributed by atoms with Crippen LogP contribution < -0.4 is 11.5 Å². The number of hydrogen-bond donors (Lipinski definition) is 3. The first kappa shape index (κ1) is 14.8. The zero-order valence-electron chi connectivity index (χ0n) is 12.2. The number of carbonyl (C=O) groups excluding carboxylic acids is 2. The van der Waals surface area contributed by atoms with Crippen LogP contribution >= 0.6 is 0 Å². The first-order valence-corrected chi connectivity index (χ1v) is 7.10. The molecule has 2 aromatic rings. The van der Waals surface area contributed by atoms with Crippen LogP contribution in [0.15, 0.2) is 24.3 Å². The van der Waals surface area contributed by atoms with E-state index < -0.39 is 17.8 Å². The van der Waals surface area contributed by atoms with E-state index in [1.165, 1.54) is 0 Å². The predicted octanol–water partition coefficient (Wildman–Crippen LogP) is 1.47. The topological polar surface area (TPSA) is 127 Å². The van der Waals surface area contributed by atoms with Crippen LogP contribution in [0.4, 0.5) is 11.4 Å². The van der Waals surface area contributed by atoms with Crippen molar-refractivity contribution in [2.45, 2.75) is 12.8 Å². The van der Waals surface area contributed by atoms with Crippen molar-refractivity contribution in [3.63, 3.8) is 0 Å². The summed E-state index contributed by atoms with van der Waals surface area (Å²) in [6, 6.07) is 6.31. The highest BCUT2D eigenvalue weighted by Crippen LogP contribution is 2.36. The zero-order chi connectivity index (χ0) is 16.7. The molecule has 5 N–H and O–H groups in total. The van der Waals surface area contributed by atoms with Crippen LogP contribution in [0, 0.1) is 0 Å². The molecule has 0 unspecified atom stereocenters. The number of nitrogen functional groups attached to an aromatic ring is 2. The molecule has 3 rings (SSSR count). The molecule has 0 radical (unpaired) electrons. The standard InChI is InChI=1S/C16H15N3O4/c17-10-5-3-8-13-9(4-6-11(18)14(10)13)16(23)19(15(8)22)7-1-2-12(20)21/h3-6H,1-2,7,17-18H2,(H,20,21). The SMILES string of the molecule is Nc1ccc2c3c(ccc(N)c13)C(=O)N(CCCC(=O)O)C2=O. The average molecular weight is 313 g/mol. The van der Waals surface area contributed by atoms with Crippen LogP contribution in [-0.2, 0) is 4.79 Å². The molecule has 2 aromatic carbocycles. The number of anilines is 2. The lowest BCUT2D eigenvalue weighted by Gasteiger charge is -2.27. The molecular weight excluding hydrogens is 298 g/mol. The Morgan fingerprint density at radius 2 is 1.48 bits per heavy atom. The highest BCUT2D eigenvalue weighted by molar-refractivity contribution is 6.28. The molecule has 23 heavy (non-hydrogen) atoms. The van der Waals surface area contributed by atoms with Gasteiger partial charge in [-0.15, -0.1) is 0 Å². The molecule has 0 saturated carbocycles. The van der Waals surface area contributed by atoms with Gasteiger partial charge in [-0.3, -0.25) is 19.3 Å². The van der Waals surface area contributed by atoms with Crippen LogP contribution in [0.5, 0.6) is 0 Å². The van der Waals surface area contributed by atoms with E-state index in [0.717, 1.165) is 4.90 Å². The van der Waals surface area contributed by atoms with E-state index in [-0.39, 0.29) is 19.4 Å². The molecule has 2 amide bonds. The second-order valence-corrected chi connectivity index (χ2v) is 5.41. The molecule has 0 aliphatic carbocycles. The predicted molar refractivity (Wildman–Crippen MR) is 85.0 cm³/mol. The van der Waals surface area contributed by atoms with Crippen molar-refractivity contribution in [2.24, 2.45) is 0 Å². The molecule has 7 heteroatoms. The Hall–Kier alpha value is -3.09. The van der Waals surface area contributed by atoms with Gasteiger partial charge in [-0.1, -0.05) is 0 Å². The van der Waals surface area contributed by atoms with Crippen molar-refractivity contribution < 1.29 is 19.5 Å². The Kier molecular flexibility index (Phi) is 3.40. The van der Waals surface area contributed by atoms with E-state index in [4.69, 9.17) is 16.6 Å². The molecule has 0 saturated heterocycles. The van der Waals surface area contributed by atoms with E-state index >= 15 is 0 Å². The number of rotatable bonds is 4. The van der Waals surface area contributed by atoms with Gasteiger partial charge < -0.3 is 16.6 Å². The molecule has 1 heterocycles. The quantitative estimate of drug-likeness (QED) is 0.579. The molecule has 7 nitrogen and oxygen atoms in total. The first-order chi connectivity index (χ1) is 10.9. The number of nitrogens with two attached hydrogens (primary N) is 2. The summed E-state index contributed by atoms with van der Waals surface area (Å²) in [4.78, 5) is 36.9. The highest BCUT2D eigenvalue weighted by atomic mass is 16.4. The third kappa shape index (κ3) is 2.26.